The van der Waals surface area contributed by atoms with Crippen LogP contribution >= 0.6 is 11.6 Å². The highest BCUT2D eigenvalue weighted by Crippen LogP contribution is 2.28. The maximum atomic E-state index is 13.7. The second kappa shape index (κ2) is 4.06. The molecule has 1 aromatic carbocycles. The van der Waals surface area contributed by atoms with Crippen molar-refractivity contribution in [3.05, 3.63) is 49.9 Å². The van der Waals surface area contributed by atoms with Crippen LogP contribution in [0.4, 0.5) is 4.39 Å². The quantitative estimate of drug-likeness (QED) is 0.629. The Morgan fingerprint density at radius 3 is 2.68 bits per heavy atom. The minimum absolute atomic E-state index is 0.0422. The maximum absolute atomic E-state index is 13.7. The number of nitrogens with one attached hydrogen (secondary N) is 3. The van der Waals surface area contributed by atoms with Crippen molar-refractivity contribution in [3.8, 4) is 11.4 Å². The number of aromatic nitrogens is 4. The third-order valence-corrected chi connectivity index (χ3v) is 2.90. The Morgan fingerprint density at radius 2 is 1.95 bits per heavy atom. The maximum Gasteiger partial charge on any atom is 0.327 e. The molecule has 0 fully saturated rings. The largest absolute Gasteiger partial charge is 0.332 e. The first-order valence-corrected chi connectivity index (χ1v) is 5.61. The van der Waals surface area contributed by atoms with E-state index in [-0.39, 0.29) is 27.6 Å². The fraction of sp³-hybridized carbons (Fsp3) is 0. The van der Waals surface area contributed by atoms with E-state index in [2.05, 4.69) is 15.0 Å². The van der Waals surface area contributed by atoms with Crippen molar-refractivity contribution in [2.75, 3.05) is 0 Å². The van der Waals surface area contributed by atoms with Crippen molar-refractivity contribution in [1.29, 1.82) is 0 Å². The average molecular weight is 281 g/mol. The number of hydrogen-bond acceptors (Lipinski definition) is 3. The van der Waals surface area contributed by atoms with E-state index >= 15 is 0 Å². The molecule has 0 aliphatic carbocycles. The van der Waals surface area contributed by atoms with Crippen molar-refractivity contribution < 1.29 is 4.39 Å². The van der Waals surface area contributed by atoms with Gasteiger partial charge in [0.15, 0.2) is 5.65 Å². The fourth-order valence-corrected chi connectivity index (χ4v) is 2.03. The Balaban J connectivity index is 2.36. The molecule has 3 rings (SSSR count). The molecule has 0 aliphatic rings. The van der Waals surface area contributed by atoms with E-state index < -0.39 is 17.1 Å². The van der Waals surface area contributed by atoms with E-state index in [4.69, 9.17) is 11.6 Å². The predicted molar refractivity (Wildman–Crippen MR) is 67.7 cm³/mol. The summed E-state index contributed by atoms with van der Waals surface area (Å²) in [6.45, 7) is 0. The third-order valence-electron chi connectivity index (χ3n) is 2.59. The third kappa shape index (κ3) is 1.84. The Hall–Kier alpha value is -2.41. The van der Waals surface area contributed by atoms with Crippen LogP contribution in [0.15, 0.2) is 27.8 Å². The molecule has 8 heteroatoms. The first-order valence-electron chi connectivity index (χ1n) is 5.23. The average Bonchev–Trinajstić information content (AvgIpc) is 2.72. The van der Waals surface area contributed by atoms with E-state index in [0.717, 1.165) is 0 Å². The van der Waals surface area contributed by atoms with Gasteiger partial charge in [0.05, 0.1) is 10.6 Å². The number of imidazole rings is 1. The van der Waals surface area contributed by atoms with Gasteiger partial charge in [0.2, 0.25) is 0 Å². The minimum Gasteiger partial charge on any atom is -0.332 e. The van der Waals surface area contributed by atoms with Crippen LogP contribution in [0.3, 0.4) is 0 Å². The summed E-state index contributed by atoms with van der Waals surface area (Å²) in [6, 6.07) is 4.18. The highest BCUT2D eigenvalue weighted by atomic mass is 35.5. The molecule has 0 saturated heterocycles. The van der Waals surface area contributed by atoms with Gasteiger partial charge >= 0.3 is 5.69 Å². The van der Waals surface area contributed by atoms with Crippen molar-refractivity contribution in [1.82, 2.24) is 19.9 Å². The van der Waals surface area contributed by atoms with E-state index in [1.165, 1.54) is 18.2 Å². The summed E-state index contributed by atoms with van der Waals surface area (Å²) in [5.74, 6) is -0.504. The molecule has 96 valence electrons. The molecule has 0 saturated carbocycles. The topological polar surface area (TPSA) is 94.4 Å². The van der Waals surface area contributed by atoms with Crippen LogP contribution in [0, 0.1) is 5.82 Å². The highest BCUT2D eigenvalue weighted by molar-refractivity contribution is 6.33. The van der Waals surface area contributed by atoms with Gasteiger partial charge in [-0.1, -0.05) is 17.7 Å². The van der Waals surface area contributed by atoms with E-state index in [9.17, 15) is 14.0 Å². The standard InChI is InChI=1S/C11H6ClFN4O2/c12-4-2-1-3-5(13)6(4)8-14-7-9(15-8)16-11(19)17-10(7)18/h1-3H,(H3,14,15,16,17,18,19). The molecule has 6 nitrogen and oxygen atoms in total. The Labute approximate surface area is 109 Å². The number of H-pyrrole nitrogens is 3. The Bertz CT molecular complexity index is 875. The van der Waals surface area contributed by atoms with Gasteiger partial charge in [0.25, 0.3) is 5.56 Å². The summed E-state index contributed by atoms with van der Waals surface area (Å²) in [5, 5.41) is 0.151. The van der Waals surface area contributed by atoms with Crippen LogP contribution in [-0.4, -0.2) is 19.9 Å². The molecular weight excluding hydrogens is 275 g/mol. The molecule has 3 aromatic rings. The first kappa shape index (κ1) is 11.7. The van der Waals surface area contributed by atoms with Crippen LogP contribution < -0.4 is 11.2 Å². The zero-order valence-corrected chi connectivity index (χ0v) is 10.0. The number of hydrogen-bond donors (Lipinski definition) is 3. The van der Waals surface area contributed by atoms with Gasteiger partial charge in [0, 0.05) is 0 Å². The van der Waals surface area contributed by atoms with E-state index in [1.807, 2.05) is 4.98 Å². The normalized spacial score (nSPS) is 11.1. The smallest absolute Gasteiger partial charge is 0.327 e. The highest BCUT2D eigenvalue weighted by Gasteiger charge is 2.15. The molecule has 2 heterocycles. The van der Waals surface area contributed by atoms with Gasteiger partial charge in [-0.15, -0.1) is 0 Å². The number of nitrogens with zero attached hydrogens (tertiary/aromatic N) is 1. The van der Waals surface area contributed by atoms with Crippen LogP contribution in [-0.2, 0) is 0 Å². The number of fused-ring (bicyclic) bond motifs is 1. The van der Waals surface area contributed by atoms with Gasteiger partial charge in [0.1, 0.15) is 17.2 Å². The molecule has 0 bridgehead atoms. The minimum atomic E-state index is -0.685. The lowest BCUT2D eigenvalue weighted by Gasteiger charge is -2.01. The molecule has 19 heavy (non-hydrogen) atoms. The predicted octanol–water partition coefficient (Wildman–Crippen LogP) is 1.40. The second-order valence-electron chi connectivity index (χ2n) is 3.81. The lowest BCUT2D eigenvalue weighted by atomic mass is 10.2. The molecule has 2 aromatic heterocycles. The zero-order valence-electron chi connectivity index (χ0n) is 9.25. The first-order chi connectivity index (χ1) is 9.06. The van der Waals surface area contributed by atoms with E-state index in [0.29, 0.717) is 0 Å². The Morgan fingerprint density at radius 1 is 1.16 bits per heavy atom. The molecule has 0 atom stereocenters. The summed E-state index contributed by atoms with van der Waals surface area (Å²) in [7, 11) is 0. The molecule has 0 amide bonds. The van der Waals surface area contributed by atoms with Crippen LogP contribution in [0.5, 0.6) is 0 Å². The monoisotopic (exact) mass is 280 g/mol. The molecule has 0 aliphatic heterocycles. The molecule has 0 radical (unpaired) electrons. The summed E-state index contributed by atoms with van der Waals surface area (Å²) in [5.41, 5.74) is -1.18. The van der Waals surface area contributed by atoms with Gasteiger partial charge in [-0.2, -0.15) is 0 Å². The summed E-state index contributed by atoms with van der Waals surface area (Å²) in [4.78, 5) is 33.7. The fourth-order valence-electron chi connectivity index (χ4n) is 1.77. The lowest BCUT2D eigenvalue weighted by molar-refractivity contribution is 0.630. The summed E-state index contributed by atoms with van der Waals surface area (Å²) in [6.07, 6.45) is 0. The van der Waals surface area contributed by atoms with Crippen LogP contribution in [0.1, 0.15) is 0 Å². The number of aromatic amines is 3. The summed E-state index contributed by atoms with van der Waals surface area (Å²) < 4.78 is 13.7. The van der Waals surface area contributed by atoms with Crippen molar-refractivity contribution >= 4 is 22.8 Å². The number of halogens is 2. The molecule has 3 N–H and O–H groups in total. The van der Waals surface area contributed by atoms with Crippen LogP contribution in [0.2, 0.25) is 5.02 Å². The van der Waals surface area contributed by atoms with Crippen molar-refractivity contribution in [3.63, 3.8) is 0 Å². The van der Waals surface area contributed by atoms with Gasteiger partial charge in [-0.05, 0) is 12.1 Å². The van der Waals surface area contributed by atoms with E-state index in [1.54, 1.807) is 0 Å². The Kier molecular flexibility index (Phi) is 2.49. The summed E-state index contributed by atoms with van der Waals surface area (Å²) >= 11 is 5.90. The van der Waals surface area contributed by atoms with Gasteiger partial charge in [-0.3, -0.25) is 14.8 Å². The number of benzene rings is 1. The molecular formula is C11H6ClFN4O2. The van der Waals surface area contributed by atoms with Crippen LogP contribution in [0.25, 0.3) is 22.6 Å². The van der Waals surface area contributed by atoms with Crippen molar-refractivity contribution in [2.45, 2.75) is 0 Å². The number of rotatable bonds is 1. The van der Waals surface area contributed by atoms with Gasteiger partial charge in [-0.25, -0.2) is 14.2 Å². The van der Waals surface area contributed by atoms with Gasteiger partial charge < -0.3 is 4.98 Å². The SMILES string of the molecule is O=c1[nH]c(=O)c2[nH]c(-c3c(F)cccc3Cl)nc2[nH]1. The molecule has 0 unspecified atom stereocenters. The molecule has 0 spiro atoms. The lowest BCUT2D eigenvalue weighted by Crippen LogP contribution is -2.21. The van der Waals surface area contributed by atoms with Crippen molar-refractivity contribution in [2.24, 2.45) is 0 Å². The second-order valence-corrected chi connectivity index (χ2v) is 4.22. The zero-order chi connectivity index (χ0) is 13.6.